The molecule has 2 aromatic heterocycles. The van der Waals surface area contributed by atoms with Gasteiger partial charge in [-0.05, 0) is 41.4 Å². The summed E-state index contributed by atoms with van der Waals surface area (Å²) in [5.41, 5.74) is 3.77. The molecule has 1 aromatic carbocycles. The van der Waals surface area contributed by atoms with Crippen LogP contribution in [0.3, 0.4) is 0 Å². The highest BCUT2D eigenvalue weighted by molar-refractivity contribution is 9.10. The van der Waals surface area contributed by atoms with Gasteiger partial charge in [-0.3, -0.25) is 14.2 Å². The van der Waals surface area contributed by atoms with E-state index in [2.05, 4.69) is 31.4 Å². The third kappa shape index (κ3) is 4.92. The number of halogens is 1. The number of aryl methyl sites for hydroxylation is 2. The van der Waals surface area contributed by atoms with Crippen LogP contribution >= 0.6 is 15.9 Å². The van der Waals surface area contributed by atoms with Gasteiger partial charge >= 0.3 is 5.97 Å². The molecular weight excluding hydrogens is 438 g/mol. The number of aromatic nitrogens is 4. The molecule has 0 aliphatic heterocycles. The number of nitrogens with one attached hydrogen (secondary N) is 1. The summed E-state index contributed by atoms with van der Waals surface area (Å²) in [6.07, 6.45) is 3.61. The molecule has 3 aromatic rings. The number of amides is 1. The first kappa shape index (κ1) is 20.8. The minimum Gasteiger partial charge on any atom is -0.465 e. The molecule has 0 spiro atoms. The lowest BCUT2D eigenvalue weighted by Crippen LogP contribution is -2.15. The van der Waals surface area contributed by atoms with E-state index in [-0.39, 0.29) is 5.91 Å². The van der Waals surface area contributed by atoms with Gasteiger partial charge in [-0.15, -0.1) is 0 Å². The predicted molar refractivity (Wildman–Crippen MR) is 112 cm³/mol. The maximum Gasteiger partial charge on any atom is 0.338 e. The first-order chi connectivity index (χ1) is 13.9. The van der Waals surface area contributed by atoms with Gasteiger partial charge in [-0.2, -0.15) is 10.2 Å². The second-order valence-corrected chi connectivity index (χ2v) is 7.37. The molecule has 1 N–H and O–H groups in total. The number of hydrogen-bond acceptors (Lipinski definition) is 5. The maximum absolute atomic E-state index is 12.3. The molecule has 0 aliphatic rings. The Labute approximate surface area is 177 Å². The summed E-state index contributed by atoms with van der Waals surface area (Å²) < 4.78 is 9.26. The molecule has 0 fully saturated rings. The maximum atomic E-state index is 12.3. The predicted octanol–water partition coefficient (Wildman–Crippen LogP) is 3.32. The summed E-state index contributed by atoms with van der Waals surface area (Å²) in [6, 6.07) is 7.20. The van der Waals surface area contributed by atoms with Crippen LogP contribution in [0.4, 0.5) is 5.69 Å². The summed E-state index contributed by atoms with van der Waals surface area (Å²) in [5.74, 6) is -0.514. The van der Waals surface area contributed by atoms with Gasteiger partial charge in [0.05, 0.1) is 47.8 Å². The van der Waals surface area contributed by atoms with Crippen molar-refractivity contribution >= 4 is 33.5 Å². The van der Waals surface area contributed by atoms with Crippen molar-refractivity contribution in [2.75, 3.05) is 12.4 Å². The number of esters is 1. The lowest BCUT2D eigenvalue weighted by Gasteiger charge is -2.08. The number of nitrogens with zero attached hydrogens (tertiary/aromatic N) is 4. The second-order valence-electron chi connectivity index (χ2n) is 6.58. The van der Waals surface area contributed by atoms with E-state index < -0.39 is 5.97 Å². The van der Waals surface area contributed by atoms with E-state index >= 15 is 0 Å². The molecule has 0 bridgehead atoms. The normalized spacial score (nSPS) is 10.8. The van der Waals surface area contributed by atoms with Crippen molar-refractivity contribution in [1.29, 1.82) is 0 Å². The van der Waals surface area contributed by atoms with E-state index in [4.69, 9.17) is 4.74 Å². The molecular formula is C20H22BrN5O3. The smallest absolute Gasteiger partial charge is 0.338 e. The third-order valence-corrected chi connectivity index (χ3v) is 5.66. The van der Waals surface area contributed by atoms with Crippen LogP contribution in [0.25, 0.3) is 0 Å². The van der Waals surface area contributed by atoms with Gasteiger partial charge in [0.15, 0.2) is 0 Å². The summed E-state index contributed by atoms with van der Waals surface area (Å²) >= 11 is 3.49. The van der Waals surface area contributed by atoms with Crippen LogP contribution in [0.15, 0.2) is 41.1 Å². The van der Waals surface area contributed by atoms with E-state index in [1.807, 2.05) is 30.7 Å². The van der Waals surface area contributed by atoms with Gasteiger partial charge in [0.1, 0.15) is 0 Å². The fourth-order valence-electron chi connectivity index (χ4n) is 2.98. The number of benzene rings is 1. The van der Waals surface area contributed by atoms with Gasteiger partial charge in [0.2, 0.25) is 5.91 Å². The van der Waals surface area contributed by atoms with E-state index in [0.29, 0.717) is 30.8 Å². The fourth-order valence-corrected chi connectivity index (χ4v) is 3.26. The Hall–Kier alpha value is -2.94. The highest BCUT2D eigenvalue weighted by Gasteiger charge is 2.13. The molecule has 0 saturated carbocycles. The standard InChI is InChI=1S/C20H22BrN5O3/c1-13-19(21)14(2)26(24-13)9-8-18(27)23-16-10-22-25(12-16)11-15-6-4-5-7-17(15)20(28)29-3/h4-7,10,12H,8-9,11H2,1-3H3,(H,23,27). The number of carbonyl (C=O) groups is 2. The minimum atomic E-state index is -0.392. The van der Waals surface area contributed by atoms with Gasteiger partial charge in [-0.1, -0.05) is 18.2 Å². The molecule has 9 heteroatoms. The van der Waals surface area contributed by atoms with Crippen LogP contribution in [0.5, 0.6) is 0 Å². The Morgan fingerprint density at radius 3 is 2.69 bits per heavy atom. The Morgan fingerprint density at radius 2 is 2.00 bits per heavy atom. The minimum absolute atomic E-state index is 0.122. The Kier molecular flexibility index (Phi) is 6.48. The molecule has 2 heterocycles. The van der Waals surface area contributed by atoms with Crippen molar-refractivity contribution < 1.29 is 14.3 Å². The molecule has 1 amide bonds. The van der Waals surface area contributed by atoms with E-state index in [0.717, 1.165) is 21.4 Å². The number of methoxy groups -OCH3 is 1. The molecule has 0 saturated heterocycles. The van der Waals surface area contributed by atoms with Crippen LogP contribution in [-0.4, -0.2) is 38.5 Å². The average molecular weight is 460 g/mol. The lowest BCUT2D eigenvalue weighted by molar-refractivity contribution is -0.116. The van der Waals surface area contributed by atoms with Crippen LogP contribution in [0.1, 0.15) is 33.7 Å². The number of ether oxygens (including phenoxy) is 1. The van der Waals surface area contributed by atoms with E-state index in [1.165, 1.54) is 7.11 Å². The zero-order valence-corrected chi connectivity index (χ0v) is 18.1. The molecule has 8 nitrogen and oxygen atoms in total. The average Bonchev–Trinajstić information content (AvgIpc) is 3.25. The van der Waals surface area contributed by atoms with Crippen molar-refractivity contribution in [3.63, 3.8) is 0 Å². The molecule has 3 rings (SSSR count). The first-order valence-electron chi connectivity index (χ1n) is 9.07. The topological polar surface area (TPSA) is 91.0 Å². The van der Waals surface area contributed by atoms with Gasteiger partial charge < -0.3 is 10.1 Å². The lowest BCUT2D eigenvalue weighted by atomic mass is 10.1. The van der Waals surface area contributed by atoms with Gasteiger partial charge in [-0.25, -0.2) is 4.79 Å². The SMILES string of the molecule is COC(=O)c1ccccc1Cn1cc(NC(=O)CCn2nc(C)c(Br)c2C)cn1. The quantitative estimate of drug-likeness (QED) is 0.547. The van der Waals surface area contributed by atoms with Gasteiger partial charge in [0, 0.05) is 18.3 Å². The zero-order chi connectivity index (χ0) is 21.0. The third-order valence-electron chi connectivity index (χ3n) is 4.52. The monoisotopic (exact) mass is 459 g/mol. The van der Waals surface area contributed by atoms with E-state index in [9.17, 15) is 9.59 Å². The van der Waals surface area contributed by atoms with Crippen molar-refractivity contribution in [1.82, 2.24) is 19.6 Å². The number of carbonyl (C=O) groups excluding carboxylic acids is 2. The summed E-state index contributed by atoms with van der Waals surface area (Å²) in [6.45, 7) is 4.75. The highest BCUT2D eigenvalue weighted by Crippen LogP contribution is 2.20. The van der Waals surface area contributed by atoms with Gasteiger partial charge in [0.25, 0.3) is 0 Å². The van der Waals surface area contributed by atoms with Crippen molar-refractivity contribution in [3.05, 3.63) is 63.6 Å². The molecule has 29 heavy (non-hydrogen) atoms. The number of hydrogen-bond donors (Lipinski definition) is 1. The van der Waals surface area contributed by atoms with E-state index in [1.54, 1.807) is 29.2 Å². The fraction of sp³-hybridized carbons (Fsp3) is 0.300. The number of anilines is 1. The largest absolute Gasteiger partial charge is 0.465 e. The first-order valence-corrected chi connectivity index (χ1v) is 9.86. The molecule has 0 atom stereocenters. The molecule has 0 radical (unpaired) electrons. The summed E-state index contributed by atoms with van der Waals surface area (Å²) in [7, 11) is 1.35. The second kappa shape index (κ2) is 9.04. The number of rotatable bonds is 7. The highest BCUT2D eigenvalue weighted by atomic mass is 79.9. The Balaban J connectivity index is 1.60. The molecule has 152 valence electrons. The van der Waals surface area contributed by atoms with Crippen LogP contribution in [0.2, 0.25) is 0 Å². The molecule has 0 aliphatic carbocycles. The van der Waals surface area contributed by atoms with Crippen LogP contribution in [0, 0.1) is 13.8 Å². The molecule has 0 unspecified atom stereocenters. The zero-order valence-electron chi connectivity index (χ0n) is 16.5. The summed E-state index contributed by atoms with van der Waals surface area (Å²) in [4.78, 5) is 24.2. The van der Waals surface area contributed by atoms with Crippen LogP contribution < -0.4 is 5.32 Å². The van der Waals surface area contributed by atoms with Crippen molar-refractivity contribution in [2.45, 2.75) is 33.4 Å². The Morgan fingerprint density at radius 1 is 1.24 bits per heavy atom. The van der Waals surface area contributed by atoms with Crippen molar-refractivity contribution in [3.8, 4) is 0 Å². The summed E-state index contributed by atoms with van der Waals surface area (Å²) in [5, 5.41) is 11.5. The Bertz CT molecular complexity index is 1040. The van der Waals surface area contributed by atoms with Crippen LogP contribution in [-0.2, 0) is 22.6 Å². The van der Waals surface area contributed by atoms with Crippen molar-refractivity contribution in [2.24, 2.45) is 0 Å².